The third-order valence-electron chi connectivity index (χ3n) is 5.96. The van der Waals surface area contributed by atoms with Gasteiger partial charge < -0.3 is 19.9 Å². The molecule has 10 heteroatoms. The van der Waals surface area contributed by atoms with Crippen molar-refractivity contribution in [1.82, 2.24) is 14.8 Å². The predicted octanol–water partition coefficient (Wildman–Crippen LogP) is 2.26. The third-order valence-corrected chi connectivity index (χ3v) is 5.96. The van der Waals surface area contributed by atoms with Crippen LogP contribution in [0, 0.1) is 17.5 Å². The molecule has 4 rings (SSSR count). The Morgan fingerprint density at radius 1 is 1.19 bits per heavy atom. The van der Waals surface area contributed by atoms with Gasteiger partial charge in [-0.05, 0) is 26.2 Å². The Morgan fingerprint density at radius 3 is 2.55 bits per heavy atom. The lowest BCUT2D eigenvalue weighted by molar-refractivity contribution is 0.0592. The summed E-state index contributed by atoms with van der Waals surface area (Å²) in [6, 6.07) is 0.961. The molecular weight excluding hydrogens is 415 g/mol. The summed E-state index contributed by atoms with van der Waals surface area (Å²) in [6.07, 6.45) is 3.48. The number of carbonyl (C=O) groups is 2. The number of pyridine rings is 1. The van der Waals surface area contributed by atoms with Crippen molar-refractivity contribution in [2.75, 3.05) is 13.1 Å². The van der Waals surface area contributed by atoms with E-state index in [1.807, 2.05) is 6.92 Å². The number of nitrogens with one attached hydrogen (secondary N) is 1. The van der Waals surface area contributed by atoms with Crippen LogP contribution in [-0.4, -0.2) is 39.5 Å². The highest BCUT2D eigenvalue weighted by atomic mass is 19.1. The van der Waals surface area contributed by atoms with Crippen LogP contribution in [0.15, 0.2) is 23.1 Å². The molecule has 0 aliphatic carbocycles. The van der Waals surface area contributed by atoms with Crippen LogP contribution in [0.3, 0.4) is 0 Å². The summed E-state index contributed by atoms with van der Waals surface area (Å²) < 4.78 is 42.2. The predicted molar refractivity (Wildman–Crippen MR) is 103 cm³/mol. The summed E-state index contributed by atoms with van der Waals surface area (Å²) in [5, 5.41) is 12.7. The maximum Gasteiger partial charge on any atom is 0.274 e. The average molecular weight is 435 g/mol. The number of amides is 2. The second kappa shape index (κ2) is 7.44. The van der Waals surface area contributed by atoms with Gasteiger partial charge in [-0.1, -0.05) is 0 Å². The standard InChI is InChI=1S/C21H20F3N3O4/c1-21-4-2-3-5-26(10-21)20(31)16-18(29)17(28)13(9-27(16)21)19(30)25-8-12-14(23)6-11(22)7-15(12)24/h6-7,9,29H,2-5,8,10H2,1H3,(H,25,30)/t21-/m1/s1. The normalized spacial score (nSPS) is 20.3. The van der Waals surface area contributed by atoms with E-state index >= 15 is 0 Å². The zero-order valence-corrected chi connectivity index (χ0v) is 16.7. The van der Waals surface area contributed by atoms with Crippen molar-refractivity contribution in [3.63, 3.8) is 0 Å². The zero-order valence-electron chi connectivity index (χ0n) is 16.7. The van der Waals surface area contributed by atoms with Crippen LogP contribution in [0.1, 0.15) is 52.6 Å². The third kappa shape index (κ3) is 3.45. The van der Waals surface area contributed by atoms with Gasteiger partial charge in [0.2, 0.25) is 5.43 Å². The lowest BCUT2D eigenvalue weighted by atomic mass is 9.92. The first-order valence-electron chi connectivity index (χ1n) is 9.82. The van der Waals surface area contributed by atoms with Crippen LogP contribution in [0.5, 0.6) is 5.75 Å². The van der Waals surface area contributed by atoms with Crippen LogP contribution in [0.25, 0.3) is 0 Å². The number of aromatic hydroxyl groups is 1. The molecule has 2 amide bonds. The van der Waals surface area contributed by atoms with Crippen molar-refractivity contribution in [2.24, 2.45) is 0 Å². The Kier molecular flexibility index (Phi) is 5.03. The molecule has 2 aromatic rings. The lowest BCUT2D eigenvalue weighted by Crippen LogP contribution is -2.52. The molecule has 0 radical (unpaired) electrons. The molecule has 2 aliphatic heterocycles. The van der Waals surface area contributed by atoms with Gasteiger partial charge in [0.15, 0.2) is 11.4 Å². The SMILES string of the molecule is C[C@@]12CCCCN(C1)C(=O)c1c(O)c(=O)c(C(=O)NCc3c(F)cc(F)cc3F)cn12. The molecular formula is C21H20F3N3O4. The molecule has 2 aliphatic rings. The van der Waals surface area contributed by atoms with Gasteiger partial charge >= 0.3 is 0 Å². The second-order valence-electron chi connectivity index (χ2n) is 8.15. The molecule has 1 aromatic heterocycles. The van der Waals surface area contributed by atoms with Crippen molar-refractivity contribution in [3.05, 3.63) is 62.8 Å². The average Bonchev–Trinajstić information content (AvgIpc) is 2.88. The highest BCUT2D eigenvalue weighted by molar-refractivity contribution is 5.99. The van der Waals surface area contributed by atoms with Crippen LogP contribution in [0.2, 0.25) is 0 Å². The fourth-order valence-corrected chi connectivity index (χ4v) is 4.30. The number of fused-ring (bicyclic) bond motifs is 4. The molecule has 0 unspecified atom stereocenters. The Balaban J connectivity index is 1.71. The minimum Gasteiger partial charge on any atom is -0.503 e. The molecule has 7 nitrogen and oxygen atoms in total. The Labute approximate surface area is 175 Å². The van der Waals surface area contributed by atoms with E-state index in [4.69, 9.17) is 0 Å². The van der Waals surface area contributed by atoms with E-state index in [0.717, 1.165) is 12.8 Å². The minimum absolute atomic E-state index is 0.173. The molecule has 1 atom stereocenters. The van der Waals surface area contributed by atoms with Crippen LogP contribution in [-0.2, 0) is 12.1 Å². The highest BCUT2D eigenvalue weighted by Crippen LogP contribution is 2.36. The van der Waals surface area contributed by atoms with Gasteiger partial charge in [0, 0.05) is 43.5 Å². The molecule has 164 valence electrons. The molecule has 2 bridgehead atoms. The van der Waals surface area contributed by atoms with E-state index in [1.54, 1.807) is 4.90 Å². The molecule has 31 heavy (non-hydrogen) atoms. The van der Waals surface area contributed by atoms with Crippen molar-refractivity contribution >= 4 is 11.8 Å². The molecule has 1 aromatic carbocycles. The molecule has 0 saturated carbocycles. The van der Waals surface area contributed by atoms with Gasteiger partial charge in [0.25, 0.3) is 11.8 Å². The van der Waals surface area contributed by atoms with E-state index in [1.165, 1.54) is 10.8 Å². The van der Waals surface area contributed by atoms with Crippen LogP contribution >= 0.6 is 0 Å². The summed E-state index contributed by atoms with van der Waals surface area (Å²) in [7, 11) is 0. The minimum atomic E-state index is -1.18. The molecule has 1 fully saturated rings. The summed E-state index contributed by atoms with van der Waals surface area (Å²) in [4.78, 5) is 39.6. The van der Waals surface area contributed by atoms with Crippen molar-refractivity contribution in [1.29, 1.82) is 0 Å². The monoisotopic (exact) mass is 435 g/mol. The van der Waals surface area contributed by atoms with Gasteiger partial charge in [-0.15, -0.1) is 0 Å². The fraction of sp³-hybridized carbons (Fsp3) is 0.381. The Hall–Kier alpha value is -3.30. The number of carbonyl (C=O) groups excluding carboxylic acids is 2. The van der Waals surface area contributed by atoms with Gasteiger partial charge in [-0.25, -0.2) is 13.2 Å². The van der Waals surface area contributed by atoms with Gasteiger partial charge in [-0.2, -0.15) is 0 Å². The van der Waals surface area contributed by atoms with E-state index in [9.17, 15) is 32.7 Å². The van der Waals surface area contributed by atoms with Crippen molar-refractivity contribution in [3.8, 4) is 5.75 Å². The van der Waals surface area contributed by atoms with Gasteiger partial charge in [0.05, 0.1) is 5.54 Å². The van der Waals surface area contributed by atoms with Crippen LogP contribution in [0.4, 0.5) is 13.2 Å². The number of halogens is 3. The number of hydrogen-bond donors (Lipinski definition) is 2. The summed E-state index contributed by atoms with van der Waals surface area (Å²) in [6.45, 7) is 2.12. The van der Waals surface area contributed by atoms with Crippen LogP contribution < -0.4 is 10.7 Å². The molecule has 1 saturated heterocycles. The van der Waals surface area contributed by atoms with E-state index in [-0.39, 0.29) is 5.69 Å². The number of aromatic nitrogens is 1. The summed E-state index contributed by atoms with van der Waals surface area (Å²) in [5.41, 5.74) is -2.89. The number of nitrogens with zero attached hydrogens (tertiary/aromatic N) is 2. The topological polar surface area (TPSA) is 91.6 Å². The molecule has 0 spiro atoms. The lowest BCUT2D eigenvalue weighted by Gasteiger charge is -2.42. The number of benzene rings is 1. The fourth-order valence-electron chi connectivity index (χ4n) is 4.30. The Morgan fingerprint density at radius 2 is 1.87 bits per heavy atom. The smallest absolute Gasteiger partial charge is 0.274 e. The number of rotatable bonds is 3. The first kappa shape index (κ1) is 21.0. The molecule has 3 heterocycles. The second-order valence-corrected chi connectivity index (χ2v) is 8.15. The van der Waals surface area contributed by atoms with E-state index in [2.05, 4.69) is 5.32 Å². The maximum atomic E-state index is 13.8. The van der Waals surface area contributed by atoms with E-state index < -0.39 is 63.7 Å². The van der Waals surface area contributed by atoms with Crippen molar-refractivity contribution < 1.29 is 27.9 Å². The van der Waals surface area contributed by atoms with Crippen molar-refractivity contribution in [2.45, 2.75) is 38.3 Å². The number of hydrogen-bond acceptors (Lipinski definition) is 4. The van der Waals surface area contributed by atoms with Gasteiger partial charge in [0.1, 0.15) is 23.0 Å². The first-order chi connectivity index (χ1) is 14.6. The van der Waals surface area contributed by atoms with E-state index in [0.29, 0.717) is 31.6 Å². The summed E-state index contributed by atoms with van der Waals surface area (Å²) in [5.74, 6) is -5.77. The Bertz CT molecular complexity index is 1140. The first-order valence-corrected chi connectivity index (χ1v) is 9.82. The van der Waals surface area contributed by atoms with Gasteiger partial charge in [-0.3, -0.25) is 14.4 Å². The maximum absolute atomic E-state index is 13.8. The highest BCUT2D eigenvalue weighted by Gasteiger charge is 2.43. The zero-order chi connectivity index (χ0) is 22.5. The quantitative estimate of drug-likeness (QED) is 0.774. The molecule has 2 N–H and O–H groups in total. The largest absolute Gasteiger partial charge is 0.503 e. The summed E-state index contributed by atoms with van der Waals surface area (Å²) >= 11 is 0.